The van der Waals surface area contributed by atoms with Gasteiger partial charge in [0.1, 0.15) is 4.64 Å². The summed E-state index contributed by atoms with van der Waals surface area (Å²) in [6.07, 6.45) is 0. The Bertz CT molecular complexity index is 751. The van der Waals surface area contributed by atoms with Gasteiger partial charge in [0.2, 0.25) is 0 Å². The Morgan fingerprint density at radius 3 is 2.00 bits per heavy atom. The summed E-state index contributed by atoms with van der Waals surface area (Å²) >= 11 is 5.79. The molecule has 104 valence electrons. The summed E-state index contributed by atoms with van der Waals surface area (Å²) in [7, 11) is 0. The van der Waals surface area contributed by atoms with E-state index in [0.717, 1.165) is 21.6 Å². The zero-order valence-electron chi connectivity index (χ0n) is 12.2. The fourth-order valence-electron chi connectivity index (χ4n) is 2.74. The first-order chi connectivity index (χ1) is 10.2. The molecular formula is C19H17NS. The van der Waals surface area contributed by atoms with Crippen LogP contribution >= 0.6 is 12.2 Å². The average Bonchev–Trinajstić information content (AvgIpc) is 2.49. The lowest BCUT2D eigenvalue weighted by Crippen LogP contribution is -2.04. The van der Waals surface area contributed by atoms with Crippen molar-refractivity contribution in [3.8, 4) is 16.8 Å². The number of rotatable bonds is 2. The van der Waals surface area contributed by atoms with E-state index in [9.17, 15) is 0 Å². The fourth-order valence-corrected chi connectivity index (χ4v) is 3.27. The van der Waals surface area contributed by atoms with Crippen molar-refractivity contribution in [1.29, 1.82) is 0 Å². The molecule has 0 radical (unpaired) electrons. The minimum atomic E-state index is 0.866. The minimum absolute atomic E-state index is 0.866. The maximum absolute atomic E-state index is 5.79. The third-order valence-corrected chi connectivity index (χ3v) is 4.05. The number of aryl methyl sites for hydroxylation is 2. The smallest absolute Gasteiger partial charge is 0.118 e. The van der Waals surface area contributed by atoms with Crippen LogP contribution in [0, 0.1) is 18.5 Å². The van der Waals surface area contributed by atoms with Crippen LogP contribution in [0.2, 0.25) is 0 Å². The number of benzene rings is 2. The molecule has 2 aromatic carbocycles. The zero-order valence-corrected chi connectivity index (χ0v) is 13.0. The quantitative estimate of drug-likeness (QED) is 0.565. The normalized spacial score (nSPS) is 10.6. The summed E-state index contributed by atoms with van der Waals surface area (Å²) in [5.41, 5.74) is 5.79. The molecule has 0 spiro atoms. The maximum atomic E-state index is 5.79. The van der Waals surface area contributed by atoms with E-state index in [1.165, 1.54) is 11.1 Å². The fraction of sp³-hybridized carbons (Fsp3) is 0.105. The van der Waals surface area contributed by atoms with Crippen LogP contribution in [0.15, 0.2) is 66.7 Å². The summed E-state index contributed by atoms with van der Waals surface area (Å²) in [6, 6.07) is 22.8. The van der Waals surface area contributed by atoms with Gasteiger partial charge >= 0.3 is 0 Å². The topological polar surface area (TPSA) is 4.93 Å². The molecule has 0 unspecified atom stereocenters. The van der Waals surface area contributed by atoms with E-state index < -0.39 is 0 Å². The largest absolute Gasteiger partial charge is 0.305 e. The first-order valence-electron chi connectivity index (χ1n) is 7.02. The molecule has 1 heterocycles. The molecule has 0 saturated heterocycles. The molecule has 3 aromatic rings. The second kappa shape index (κ2) is 5.66. The van der Waals surface area contributed by atoms with Crippen molar-refractivity contribution < 1.29 is 0 Å². The molecule has 0 aliphatic carbocycles. The monoisotopic (exact) mass is 291 g/mol. The third kappa shape index (κ3) is 2.55. The lowest BCUT2D eigenvalue weighted by Gasteiger charge is -2.16. The van der Waals surface area contributed by atoms with Gasteiger partial charge in [0.15, 0.2) is 0 Å². The van der Waals surface area contributed by atoms with E-state index in [1.807, 2.05) is 24.3 Å². The second-order valence-corrected chi connectivity index (χ2v) is 5.57. The average molecular weight is 291 g/mol. The van der Waals surface area contributed by atoms with Crippen molar-refractivity contribution in [2.24, 2.45) is 0 Å². The van der Waals surface area contributed by atoms with E-state index in [-0.39, 0.29) is 0 Å². The van der Waals surface area contributed by atoms with Crippen LogP contribution in [0.25, 0.3) is 16.8 Å². The lowest BCUT2D eigenvalue weighted by atomic mass is 10.0. The van der Waals surface area contributed by atoms with Crippen LogP contribution in [0.3, 0.4) is 0 Å². The highest BCUT2D eigenvalue weighted by atomic mass is 32.1. The first-order valence-corrected chi connectivity index (χ1v) is 7.43. The Balaban J connectivity index is 2.32. The molecule has 0 bridgehead atoms. The summed E-state index contributed by atoms with van der Waals surface area (Å²) in [5.74, 6) is 0. The van der Waals surface area contributed by atoms with Gasteiger partial charge in [0, 0.05) is 16.9 Å². The Morgan fingerprint density at radius 2 is 1.38 bits per heavy atom. The van der Waals surface area contributed by atoms with E-state index >= 15 is 0 Å². The van der Waals surface area contributed by atoms with Gasteiger partial charge in [0.25, 0.3) is 0 Å². The lowest BCUT2D eigenvalue weighted by molar-refractivity contribution is 0.959. The highest BCUT2D eigenvalue weighted by Gasteiger charge is 2.10. The third-order valence-electron chi connectivity index (χ3n) is 3.67. The van der Waals surface area contributed by atoms with Crippen molar-refractivity contribution in [2.45, 2.75) is 13.8 Å². The van der Waals surface area contributed by atoms with Crippen LogP contribution in [0.5, 0.6) is 0 Å². The van der Waals surface area contributed by atoms with E-state index in [0.29, 0.717) is 0 Å². The van der Waals surface area contributed by atoms with Crippen molar-refractivity contribution in [2.75, 3.05) is 0 Å². The molecule has 0 N–H and O–H groups in total. The molecule has 21 heavy (non-hydrogen) atoms. The number of para-hydroxylation sites is 1. The van der Waals surface area contributed by atoms with E-state index in [2.05, 4.69) is 60.9 Å². The minimum Gasteiger partial charge on any atom is -0.305 e. The van der Waals surface area contributed by atoms with Crippen LogP contribution < -0.4 is 0 Å². The van der Waals surface area contributed by atoms with Gasteiger partial charge in [-0.05, 0) is 43.2 Å². The SMILES string of the molecule is Cc1cc(C)n(-c2ccccc2)c(=S)c1-c1ccccc1. The number of pyridine rings is 1. The number of aromatic nitrogens is 1. The number of hydrogen-bond donors (Lipinski definition) is 0. The number of hydrogen-bond acceptors (Lipinski definition) is 1. The number of nitrogens with zero attached hydrogens (tertiary/aromatic N) is 1. The van der Waals surface area contributed by atoms with Crippen molar-refractivity contribution in [1.82, 2.24) is 4.57 Å². The summed E-state index contributed by atoms with van der Waals surface area (Å²) in [6.45, 7) is 4.23. The van der Waals surface area contributed by atoms with Gasteiger partial charge in [0.05, 0.1) is 0 Å². The van der Waals surface area contributed by atoms with E-state index in [1.54, 1.807) is 0 Å². The second-order valence-electron chi connectivity index (χ2n) is 5.19. The Kier molecular flexibility index (Phi) is 3.72. The van der Waals surface area contributed by atoms with E-state index in [4.69, 9.17) is 12.2 Å². The molecule has 2 heteroatoms. The molecule has 0 atom stereocenters. The van der Waals surface area contributed by atoms with Gasteiger partial charge in [-0.3, -0.25) is 0 Å². The van der Waals surface area contributed by atoms with Crippen molar-refractivity contribution >= 4 is 12.2 Å². The van der Waals surface area contributed by atoms with Crippen LogP contribution in [0.4, 0.5) is 0 Å². The molecule has 0 aliphatic heterocycles. The van der Waals surface area contributed by atoms with Gasteiger partial charge in [-0.2, -0.15) is 0 Å². The van der Waals surface area contributed by atoms with Gasteiger partial charge < -0.3 is 4.57 Å². The summed E-state index contributed by atoms with van der Waals surface area (Å²) in [4.78, 5) is 0. The van der Waals surface area contributed by atoms with Gasteiger partial charge in [-0.15, -0.1) is 0 Å². The predicted octanol–water partition coefficient (Wildman–Crippen LogP) is 5.49. The maximum Gasteiger partial charge on any atom is 0.118 e. The van der Waals surface area contributed by atoms with Crippen LogP contribution in [0.1, 0.15) is 11.3 Å². The van der Waals surface area contributed by atoms with Crippen molar-refractivity contribution in [3.05, 3.63) is 82.6 Å². The molecule has 1 nitrogen and oxygen atoms in total. The standard InChI is InChI=1S/C19H17NS/c1-14-13-15(2)20(17-11-7-4-8-12-17)19(21)18(14)16-9-5-3-6-10-16/h3-13H,1-2H3. The molecular weight excluding hydrogens is 274 g/mol. The molecule has 0 amide bonds. The van der Waals surface area contributed by atoms with Gasteiger partial charge in [-0.1, -0.05) is 60.7 Å². The predicted molar refractivity (Wildman–Crippen MR) is 91.5 cm³/mol. The summed E-state index contributed by atoms with van der Waals surface area (Å²) < 4.78 is 3.01. The van der Waals surface area contributed by atoms with Crippen LogP contribution in [-0.2, 0) is 0 Å². The Hall–Kier alpha value is -2.19. The highest BCUT2D eigenvalue weighted by molar-refractivity contribution is 7.71. The molecule has 0 saturated carbocycles. The first kappa shape index (κ1) is 13.8. The molecule has 1 aromatic heterocycles. The molecule has 0 fully saturated rings. The Labute approximate surface area is 130 Å². The van der Waals surface area contributed by atoms with Gasteiger partial charge in [-0.25, -0.2) is 0 Å². The van der Waals surface area contributed by atoms with Crippen LogP contribution in [-0.4, -0.2) is 4.57 Å². The highest BCUT2D eigenvalue weighted by Crippen LogP contribution is 2.27. The molecule has 0 aliphatic rings. The Morgan fingerprint density at radius 1 is 0.810 bits per heavy atom. The molecule has 3 rings (SSSR count). The zero-order chi connectivity index (χ0) is 14.8. The summed E-state index contributed by atoms with van der Waals surface area (Å²) in [5, 5.41) is 0. The van der Waals surface area contributed by atoms with Crippen molar-refractivity contribution in [3.63, 3.8) is 0 Å².